The lowest BCUT2D eigenvalue weighted by molar-refractivity contribution is 0.701. The number of aromatic nitrogens is 4. The van der Waals surface area contributed by atoms with Crippen LogP contribution in [0.3, 0.4) is 0 Å². The number of fused-ring (bicyclic) bond motifs is 7. The third-order valence-corrected chi connectivity index (χ3v) is 6.97. The Morgan fingerprint density at radius 2 is 1.46 bits per heavy atom. The van der Waals surface area contributed by atoms with Crippen LogP contribution in [0, 0.1) is 0 Å². The fraction of sp³-hybridized carbons (Fsp3) is 0.0333. The summed E-state index contributed by atoms with van der Waals surface area (Å²) < 4.78 is 4.52. The third kappa shape index (κ3) is 2.55. The normalized spacial score (nSPS) is 15.0. The number of benzene rings is 3. The van der Waals surface area contributed by atoms with Gasteiger partial charge in [0.1, 0.15) is 11.8 Å². The summed E-state index contributed by atoms with van der Waals surface area (Å²) >= 11 is 0. The van der Waals surface area contributed by atoms with Crippen LogP contribution in [0.5, 0.6) is 0 Å². The van der Waals surface area contributed by atoms with Crippen LogP contribution in [0.25, 0.3) is 55.8 Å². The molecule has 1 aliphatic heterocycles. The van der Waals surface area contributed by atoms with E-state index in [1.54, 1.807) is 0 Å². The van der Waals surface area contributed by atoms with Gasteiger partial charge in [0.05, 0.1) is 32.9 Å². The maximum absolute atomic E-state index is 5.32. The van der Waals surface area contributed by atoms with Crippen LogP contribution in [-0.2, 0) is 0 Å². The molecule has 164 valence electrons. The SMILES string of the molecule is C1=c2ccccc2=NC1n1c2cccnc2c2cc3c(nc21)c1ccccc1n3-c1ccccc1. The number of hydrogen-bond donors (Lipinski definition) is 0. The first kappa shape index (κ1) is 18.6. The lowest BCUT2D eigenvalue weighted by atomic mass is 10.2. The molecule has 5 heteroatoms. The zero-order valence-electron chi connectivity index (χ0n) is 18.7. The van der Waals surface area contributed by atoms with Crippen LogP contribution < -0.4 is 10.6 Å². The largest absolute Gasteiger partial charge is 0.308 e. The maximum atomic E-state index is 5.32. The highest BCUT2D eigenvalue weighted by atomic mass is 15.2. The van der Waals surface area contributed by atoms with Crippen LogP contribution in [-0.4, -0.2) is 19.1 Å². The van der Waals surface area contributed by atoms with Gasteiger partial charge < -0.3 is 4.57 Å². The quantitative estimate of drug-likeness (QED) is 0.360. The van der Waals surface area contributed by atoms with Crippen molar-refractivity contribution in [3.63, 3.8) is 0 Å². The van der Waals surface area contributed by atoms with Gasteiger partial charge in [-0.2, -0.15) is 0 Å². The summed E-state index contributed by atoms with van der Waals surface area (Å²) in [6, 6.07) is 33.6. The second kappa shape index (κ2) is 6.87. The van der Waals surface area contributed by atoms with Crippen LogP contribution in [0.2, 0.25) is 0 Å². The molecule has 1 atom stereocenters. The standard InChI is InChI=1S/C30H19N5/c1-2-10-20(11-3-1)34-24-14-7-5-12-21(24)29-26(34)18-22-28-25(15-8-16-31-28)35(30(22)33-29)27-17-19-9-4-6-13-23(19)32-27/h1-18,27H. The number of hydrogen-bond acceptors (Lipinski definition) is 3. The van der Waals surface area contributed by atoms with Crippen molar-refractivity contribution in [2.75, 3.05) is 0 Å². The van der Waals surface area contributed by atoms with Crippen molar-refractivity contribution < 1.29 is 0 Å². The molecule has 0 radical (unpaired) electrons. The number of para-hydroxylation sites is 3. The van der Waals surface area contributed by atoms with Crippen molar-refractivity contribution in [2.24, 2.45) is 4.99 Å². The molecule has 0 saturated heterocycles. The fourth-order valence-electron chi connectivity index (χ4n) is 5.47. The van der Waals surface area contributed by atoms with Crippen LogP contribution >= 0.6 is 0 Å². The Morgan fingerprint density at radius 3 is 2.37 bits per heavy atom. The van der Waals surface area contributed by atoms with E-state index in [1.165, 1.54) is 0 Å². The molecule has 0 aliphatic carbocycles. The van der Waals surface area contributed by atoms with E-state index >= 15 is 0 Å². The second-order valence-corrected chi connectivity index (χ2v) is 8.92. The molecule has 1 unspecified atom stereocenters. The lowest BCUT2D eigenvalue weighted by Gasteiger charge is -2.11. The molecular formula is C30H19N5. The van der Waals surface area contributed by atoms with Gasteiger partial charge in [-0.3, -0.25) is 14.5 Å². The van der Waals surface area contributed by atoms with Gasteiger partial charge in [-0.25, -0.2) is 4.98 Å². The second-order valence-electron chi connectivity index (χ2n) is 8.92. The summed E-state index contributed by atoms with van der Waals surface area (Å²) in [6.07, 6.45) is 3.90. The van der Waals surface area contributed by atoms with E-state index < -0.39 is 0 Å². The molecule has 4 aromatic heterocycles. The molecule has 0 spiro atoms. The van der Waals surface area contributed by atoms with Gasteiger partial charge in [-0.15, -0.1) is 0 Å². The minimum Gasteiger partial charge on any atom is -0.308 e. The highest BCUT2D eigenvalue weighted by Crippen LogP contribution is 2.37. The van der Waals surface area contributed by atoms with E-state index in [0.717, 1.165) is 60.3 Å². The molecule has 3 aromatic carbocycles. The van der Waals surface area contributed by atoms with Crippen molar-refractivity contribution in [3.8, 4) is 5.69 Å². The molecule has 0 bridgehead atoms. The van der Waals surface area contributed by atoms with Gasteiger partial charge in [-0.05, 0) is 53.8 Å². The van der Waals surface area contributed by atoms with Crippen molar-refractivity contribution in [3.05, 3.63) is 114 Å². The lowest BCUT2D eigenvalue weighted by Crippen LogP contribution is -2.19. The molecule has 0 amide bonds. The summed E-state index contributed by atoms with van der Waals surface area (Å²) in [5, 5.41) is 4.33. The van der Waals surface area contributed by atoms with Crippen molar-refractivity contribution in [1.29, 1.82) is 0 Å². The summed E-state index contributed by atoms with van der Waals surface area (Å²) in [4.78, 5) is 15.1. The molecule has 0 N–H and O–H groups in total. The Balaban J connectivity index is 1.53. The van der Waals surface area contributed by atoms with Gasteiger partial charge >= 0.3 is 0 Å². The number of nitrogens with zero attached hydrogens (tertiary/aromatic N) is 5. The molecule has 0 fully saturated rings. The highest BCUT2D eigenvalue weighted by molar-refractivity contribution is 6.14. The molecular weight excluding hydrogens is 430 g/mol. The fourth-order valence-corrected chi connectivity index (χ4v) is 5.47. The zero-order chi connectivity index (χ0) is 22.9. The first-order chi connectivity index (χ1) is 17.4. The molecule has 8 rings (SSSR count). The predicted octanol–water partition coefficient (Wildman–Crippen LogP) is 5.29. The highest BCUT2D eigenvalue weighted by Gasteiger charge is 2.23. The van der Waals surface area contributed by atoms with E-state index in [9.17, 15) is 0 Å². The molecule has 5 heterocycles. The minimum absolute atomic E-state index is 0.163. The van der Waals surface area contributed by atoms with E-state index in [2.05, 4.69) is 94.1 Å². The van der Waals surface area contributed by atoms with Crippen LogP contribution in [0.4, 0.5) is 0 Å². The molecule has 1 aliphatic rings. The van der Waals surface area contributed by atoms with Crippen molar-refractivity contribution in [1.82, 2.24) is 19.1 Å². The predicted molar refractivity (Wildman–Crippen MR) is 140 cm³/mol. The Labute approximate surface area is 199 Å². The van der Waals surface area contributed by atoms with Gasteiger partial charge in [0.15, 0.2) is 0 Å². The molecule has 5 nitrogen and oxygen atoms in total. The van der Waals surface area contributed by atoms with Crippen LogP contribution in [0.15, 0.2) is 108 Å². The van der Waals surface area contributed by atoms with Gasteiger partial charge in [0, 0.05) is 22.7 Å². The van der Waals surface area contributed by atoms with E-state index in [0.29, 0.717) is 0 Å². The summed E-state index contributed by atoms with van der Waals surface area (Å²) in [5.41, 5.74) is 7.20. The number of pyridine rings is 2. The smallest absolute Gasteiger partial charge is 0.147 e. The first-order valence-electron chi connectivity index (χ1n) is 11.8. The summed E-state index contributed by atoms with van der Waals surface area (Å²) in [5.74, 6) is 0. The third-order valence-electron chi connectivity index (χ3n) is 6.97. The van der Waals surface area contributed by atoms with E-state index in [-0.39, 0.29) is 6.17 Å². The summed E-state index contributed by atoms with van der Waals surface area (Å²) in [7, 11) is 0. The monoisotopic (exact) mass is 449 g/mol. The molecule has 7 aromatic rings. The van der Waals surface area contributed by atoms with Gasteiger partial charge in [0.25, 0.3) is 0 Å². The minimum atomic E-state index is -0.163. The summed E-state index contributed by atoms with van der Waals surface area (Å²) in [6.45, 7) is 0. The average Bonchev–Trinajstić information content (AvgIpc) is 3.57. The zero-order valence-corrected chi connectivity index (χ0v) is 18.7. The average molecular weight is 450 g/mol. The Kier molecular flexibility index (Phi) is 3.66. The van der Waals surface area contributed by atoms with Crippen molar-refractivity contribution >= 4 is 50.1 Å². The number of rotatable bonds is 2. The van der Waals surface area contributed by atoms with Gasteiger partial charge in [-0.1, -0.05) is 54.6 Å². The topological polar surface area (TPSA) is 48.0 Å². The first-order valence-corrected chi connectivity index (χ1v) is 11.8. The Morgan fingerprint density at radius 1 is 0.657 bits per heavy atom. The van der Waals surface area contributed by atoms with Gasteiger partial charge in [0.2, 0.25) is 0 Å². The maximum Gasteiger partial charge on any atom is 0.147 e. The van der Waals surface area contributed by atoms with Crippen molar-refractivity contribution in [2.45, 2.75) is 6.17 Å². The Hall–Kier alpha value is -4.77. The van der Waals surface area contributed by atoms with Crippen LogP contribution in [0.1, 0.15) is 6.17 Å². The molecule has 35 heavy (non-hydrogen) atoms. The molecule has 0 saturated carbocycles. The van der Waals surface area contributed by atoms with E-state index in [1.807, 2.05) is 24.4 Å². The Bertz CT molecular complexity index is 2030. The van der Waals surface area contributed by atoms with E-state index in [4.69, 9.17) is 15.0 Å².